The van der Waals surface area contributed by atoms with Crippen molar-refractivity contribution in [2.24, 2.45) is 0 Å². The van der Waals surface area contributed by atoms with Crippen LogP contribution in [0, 0.1) is 13.8 Å². The number of hydrogen-bond donors (Lipinski definition) is 0. The van der Waals surface area contributed by atoms with Gasteiger partial charge in [0.05, 0.1) is 11.4 Å². The number of rotatable bonds is 9. The van der Waals surface area contributed by atoms with Gasteiger partial charge in [-0.3, -0.25) is 9.97 Å². The van der Waals surface area contributed by atoms with Crippen molar-refractivity contribution in [1.29, 1.82) is 0 Å². The van der Waals surface area contributed by atoms with Crippen molar-refractivity contribution in [2.75, 3.05) is 0 Å². The molecule has 0 fully saturated rings. The Morgan fingerprint density at radius 1 is 0.773 bits per heavy atom. The molecule has 0 amide bonds. The molecule has 0 saturated heterocycles. The van der Waals surface area contributed by atoms with Gasteiger partial charge in [0.2, 0.25) is 0 Å². The number of hydrogen-bond acceptors (Lipinski definition) is 2. The second-order valence-electron chi connectivity index (χ2n) is 6.20. The van der Waals surface area contributed by atoms with Crippen LogP contribution in [0.25, 0.3) is 0 Å². The van der Waals surface area contributed by atoms with Crippen molar-refractivity contribution in [3.63, 3.8) is 0 Å². The molecule has 1 aromatic carbocycles. The summed E-state index contributed by atoms with van der Waals surface area (Å²) in [5, 5.41) is 0. The smallest absolute Gasteiger partial charge is 0.0589 e. The molecule has 2 heteroatoms. The molecule has 22 heavy (non-hydrogen) atoms. The van der Waals surface area contributed by atoms with Crippen LogP contribution in [0.3, 0.4) is 0 Å². The Morgan fingerprint density at radius 3 is 2.18 bits per heavy atom. The number of unbranched alkanes of at least 4 members (excludes halogenated alkanes) is 5. The zero-order valence-corrected chi connectivity index (χ0v) is 14.0. The Hall–Kier alpha value is -1.70. The molecule has 0 aliphatic carbocycles. The number of aromatic nitrogens is 2. The quantitative estimate of drug-likeness (QED) is 0.593. The van der Waals surface area contributed by atoms with Gasteiger partial charge in [0.25, 0.3) is 0 Å². The van der Waals surface area contributed by atoms with E-state index in [9.17, 15) is 0 Å². The SMILES string of the molecule is Cc1cncc(CCCCCCCCc2ccccc2C)n1. The average molecular weight is 296 g/mol. The normalized spacial score (nSPS) is 10.8. The second-order valence-corrected chi connectivity index (χ2v) is 6.20. The third kappa shape index (κ3) is 5.97. The number of nitrogens with zero attached hydrogens (tertiary/aromatic N) is 2. The van der Waals surface area contributed by atoms with Gasteiger partial charge in [-0.1, -0.05) is 49.9 Å². The van der Waals surface area contributed by atoms with Crippen LogP contribution in [-0.4, -0.2) is 9.97 Å². The summed E-state index contributed by atoms with van der Waals surface area (Å²) in [5.41, 5.74) is 5.11. The molecule has 118 valence electrons. The highest BCUT2D eigenvalue weighted by Crippen LogP contribution is 2.13. The van der Waals surface area contributed by atoms with E-state index in [-0.39, 0.29) is 0 Å². The maximum atomic E-state index is 4.50. The predicted molar refractivity (Wildman–Crippen MR) is 93.1 cm³/mol. The third-order valence-corrected chi connectivity index (χ3v) is 4.20. The van der Waals surface area contributed by atoms with E-state index < -0.39 is 0 Å². The molecule has 0 bridgehead atoms. The lowest BCUT2D eigenvalue weighted by Gasteiger charge is -2.05. The van der Waals surface area contributed by atoms with E-state index in [0.717, 1.165) is 17.8 Å². The summed E-state index contributed by atoms with van der Waals surface area (Å²) in [4.78, 5) is 8.70. The minimum Gasteiger partial charge on any atom is -0.261 e. The van der Waals surface area contributed by atoms with Crippen LogP contribution in [0.1, 0.15) is 61.0 Å². The van der Waals surface area contributed by atoms with Gasteiger partial charge in [0, 0.05) is 12.4 Å². The van der Waals surface area contributed by atoms with Gasteiger partial charge >= 0.3 is 0 Å². The molecule has 0 aliphatic heterocycles. The molecule has 1 aromatic heterocycles. The zero-order valence-electron chi connectivity index (χ0n) is 14.0. The fraction of sp³-hybridized carbons (Fsp3) is 0.500. The van der Waals surface area contributed by atoms with Crippen LogP contribution in [0.5, 0.6) is 0 Å². The van der Waals surface area contributed by atoms with Crippen LogP contribution in [0.15, 0.2) is 36.7 Å². The van der Waals surface area contributed by atoms with Crippen LogP contribution < -0.4 is 0 Å². The predicted octanol–water partition coefficient (Wildman–Crippen LogP) is 5.22. The Balaban J connectivity index is 1.50. The topological polar surface area (TPSA) is 25.8 Å². The first-order chi connectivity index (χ1) is 10.8. The van der Waals surface area contributed by atoms with Crippen molar-refractivity contribution in [3.05, 3.63) is 59.2 Å². The molecule has 0 radical (unpaired) electrons. The third-order valence-electron chi connectivity index (χ3n) is 4.20. The fourth-order valence-corrected chi connectivity index (χ4v) is 2.86. The van der Waals surface area contributed by atoms with Crippen LogP contribution >= 0.6 is 0 Å². The van der Waals surface area contributed by atoms with Crippen molar-refractivity contribution >= 4 is 0 Å². The second kappa shape index (κ2) is 9.34. The summed E-state index contributed by atoms with van der Waals surface area (Å²) < 4.78 is 0. The first-order valence-electron chi connectivity index (χ1n) is 8.58. The summed E-state index contributed by atoms with van der Waals surface area (Å²) in [5.74, 6) is 0. The van der Waals surface area contributed by atoms with E-state index in [4.69, 9.17) is 0 Å². The highest BCUT2D eigenvalue weighted by molar-refractivity contribution is 5.25. The Labute approximate surface area is 135 Å². The van der Waals surface area contributed by atoms with E-state index >= 15 is 0 Å². The van der Waals surface area contributed by atoms with Gasteiger partial charge in [-0.25, -0.2) is 0 Å². The maximum absolute atomic E-state index is 4.50. The lowest BCUT2D eigenvalue weighted by Crippen LogP contribution is -1.94. The van der Waals surface area contributed by atoms with E-state index in [2.05, 4.69) is 41.2 Å². The van der Waals surface area contributed by atoms with Crippen LogP contribution in [-0.2, 0) is 12.8 Å². The Bertz CT molecular complexity index is 563. The minimum absolute atomic E-state index is 1.02. The van der Waals surface area contributed by atoms with Crippen molar-refractivity contribution in [3.8, 4) is 0 Å². The van der Waals surface area contributed by atoms with Gasteiger partial charge < -0.3 is 0 Å². The summed E-state index contributed by atoms with van der Waals surface area (Å²) in [6, 6.07) is 8.75. The van der Waals surface area contributed by atoms with Crippen LogP contribution in [0.4, 0.5) is 0 Å². The van der Waals surface area contributed by atoms with Crippen molar-refractivity contribution in [2.45, 2.75) is 65.2 Å². The molecule has 2 rings (SSSR count). The van der Waals surface area contributed by atoms with Crippen molar-refractivity contribution in [1.82, 2.24) is 9.97 Å². The van der Waals surface area contributed by atoms with E-state index in [1.807, 2.05) is 19.3 Å². The molecule has 0 aliphatic rings. The highest BCUT2D eigenvalue weighted by atomic mass is 14.8. The van der Waals surface area contributed by atoms with Crippen molar-refractivity contribution < 1.29 is 0 Å². The molecular weight excluding hydrogens is 268 g/mol. The van der Waals surface area contributed by atoms with E-state index in [1.165, 1.54) is 56.1 Å². The maximum Gasteiger partial charge on any atom is 0.0589 e. The molecule has 2 aromatic rings. The Kier molecular flexibility index (Phi) is 7.08. The average Bonchev–Trinajstić information content (AvgIpc) is 2.51. The highest BCUT2D eigenvalue weighted by Gasteiger charge is 1.99. The summed E-state index contributed by atoms with van der Waals surface area (Å²) in [6.45, 7) is 4.22. The molecule has 0 atom stereocenters. The van der Waals surface area contributed by atoms with Gasteiger partial charge in [0.15, 0.2) is 0 Å². The Morgan fingerprint density at radius 2 is 1.45 bits per heavy atom. The molecule has 0 N–H and O–H groups in total. The molecule has 1 heterocycles. The van der Waals surface area contributed by atoms with Gasteiger partial charge in [0.1, 0.15) is 0 Å². The number of benzene rings is 1. The largest absolute Gasteiger partial charge is 0.261 e. The monoisotopic (exact) mass is 296 g/mol. The molecule has 0 spiro atoms. The molecule has 0 saturated carbocycles. The zero-order chi connectivity index (χ0) is 15.6. The molecule has 0 unspecified atom stereocenters. The number of aryl methyl sites for hydroxylation is 4. The first-order valence-corrected chi connectivity index (χ1v) is 8.58. The summed E-state index contributed by atoms with van der Waals surface area (Å²) in [7, 11) is 0. The van der Waals surface area contributed by atoms with E-state index in [1.54, 1.807) is 0 Å². The summed E-state index contributed by atoms with van der Waals surface area (Å²) >= 11 is 0. The van der Waals surface area contributed by atoms with Crippen LogP contribution in [0.2, 0.25) is 0 Å². The molecule has 2 nitrogen and oxygen atoms in total. The van der Waals surface area contributed by atoms with E-state index in [0.29, 0.717) is 0 Å². The molecular formula is C20H28N2. The summed E-state index contributed by atoms with van der Waals surface area (Å²) in [6.07, 6.45) is 13.9. The van der Waals surface area contributed by atoms with Gasteiger partial charge in [-0.15, -0.1) is 0 Å². The first kappa shape index (κ1) is 16.7. The lowest BCUT2D eigenvalue weighted by atomic mass is 10.0. The van der Waals surface area contributed by atoms with Gasteiger partial charge in [-0.05, 0) is 50.7 Å². The lowest BCUT2D eigenvalue weighted by molar-refractivity contribution is 0.590. The fourth-order valence-electron chi connectivity index (χ4n) is 2.86. The standard InChI is InChI=1S/C20H28N2/c1-17-11-9-10-13-19(17)12-7-5-3-4-6-8-14-20-16-21-15-18(2)22-20/h9-11,13,15-16H,3-8,12,14H2,1-2H3. The van der Waals surface area contributed by atoms with Gasteiger partial charge in [-0.2, -0.15) is 0 Å². The minimum atomic E-state index is 1.02.